The molecular formula is C10H12F3N7. The Kier molecular flexibility index (Phi) is 3.81. The largest absolute Gasteiger partial charge is 0.433 e. The molecule has 0 fully saturated rings. The topological polar surface area (TPSA) is 83.5 Å². The van der Waals surface area contributed by atoms with Crippen LogP contribution < -0.4 is 4.90 Å². The van der Waals surface area contributed by atoms with Gasteiger partial charge in [-0.1, -0.05) is 12.1 Å². The Morgan fingerprint density at radius 3 is 2.75 bits per heavy atom. The molecule has 0 aliphatic carbocycles. The van der Waals surface area contributed by atoms with E-state index in [2.05, 4.69) is 30.6 Å². The first-order valence-corrected chi connectivity index (χ1v) is 5.72. The van der Waals surface area contributed by atoms with Crippen molar-refractivity contribution in [1.29, 1.82) is 0 Å². The zero-order valence-corrected chi connectivity index (χ0v) is 10.8. The summed E-state index contributed by atoms with van der Waals surface area (Å²) in [5, 5.41) is 13.4. The summed E-state index contributed by atoms with van der Waals surface area (Å²) in [6, 6.07) is 0.833. The number of aromatic amines is 1. The molecule has 108 valence electrons. The van der Waals surface area contributed by atoms with E-state index in [1.165, 1.54) is 4.90 Å². The van der Waals surface area contributed by atoms with Crippen molar-refractivity contribution in [1.82, 2.24) is 30.6 Å². The third-order valence-electron chi connectivity index (χ3n) is 2.62. The smallest absolute Gasteiger partial charge is 0.343 e. The highest BCUT2D eigenvalue weighted by atomic mass is 19.4. The van der Waals surface area contributed by atoms with Crippen LogP contribution in [0.15, 0.2) is 12.3 Å². The van der Waals surface area contributed by atoms with Crippen LogP contribution >= 0.6 is 0 Å². The Labute approximate surface area is 112 Å². The van der Waals surface area contributed by atoms with Gasteiger partial charge in [0.2, 0.25) is 5.95 Å². The molecule has 0 aliphatic heterocycles. The third kappa shape index (κ3) is 3.19. The summed E-state index contributed by atoms with van der Waals surface area (Å²) in [6.07, 6.45) is -3.40. The number of hydrogen-bond acceptors (Lipinski definition) is 6. The maximum absolute atomic E-state index is 12.6. The fourth-order valence-corrected chi connectivity index (χ4v) is 1.64. The Hall–Kier alpha value is -2.26. The number of rotatable bonds is 4. The van der Waals surface area contributed by atoms with E-state index >= 15 is 0 Å². The number of nitrogens with zero attached hydrogens (tertiary/aromatic N) is 6. The zero-order chi connectivity index (χ0) is 14.8. The van der Waals surface area contributed by atoms with E-state index in [1.807, 2.05) is 6.92 Å². The van der Waals surface area contributed by atoms with Crippen LogP contribution in [0.3, 0.4) is 0 Å². The van der Waals surface area contributed by atoms with Gasteiger partial charge in [0, 0.05) is 25.7 Å². The van der Waals surface area contributed by atoms with Gasteiger partial charge in [-0.2, -0.15) is 18.4 Å². The molecule has 0 unspecified atom stereocenters. The van der Waals surface area contributed by atoms with Crippen molar-refractivity contribution in [2.75, 3.05) is 18.5 Å². The van der Waals surface area contributed by atoms with Crippen LogP contribution in [0.5, 0.6) is 0 Å². The Bertz CT molecular complexity index is 554. The van der Waals surface area contributed by atoms with E-state index in [0.717, 1.165) is 12.3 Å². The van der Waals surface area contributed by atoms with Crippen LogP contribution in [0, 0.1) is 0 Å². The zero-order valence-electron chi connectivity index (χ0n) is 10.8. The van der Waals surface area contributed by atoms with Gasteiger partial charge in [0.1, 0.15) is 5.69 Å². The van der Waals surface area contributed by atoms with Gasteiger partial charge < -0.3 is 4.90 Å². The summed E-state index contributed by atoms with van der Waals surface area (Å²) in [4.78, 5) is 8.85. The summed E-state index contributed by atoms with van der Waals surface area (Å²) < 4.78 is 37.7. The molecule has 2 heterocycles. The molecule has 2 aromatic heterocycles. The number of halogens is 3. The molecule has 0 spiro atoms. The molecule has 0 bridgehead atoms. The number of likely N-dealkylation sites (N-methyl/N-ethyl adjacent to an activating group) is 1. The molecule has 2 rings (SSSR count). The van der Waals surface area contributed by atoms with Gasteiger partial charge in [0.25, 0.3) is 0 Å². The molecule has 0 aliphatic rings. The normalized spacial score (nSPS) is 13.2. The molecule has 10 heteroatoms. The van der Waals surface area contributed by atoms with Crippen molar-refractivity contribution in [3.8, 4) is 0 Å². The average molecular weight is 287 g/mol. The molecule has 1 N–H and O–H groups in total. The van der Waals surface area contributed by atoms with E-state index in [9.17, 15) is 13.2 Å². The second-order valence-corrected chi connectivity index (χ2v) is 4.29. The number of tetrazole rings is 1. The molecule has 0 amide bonds. The van der Waals surface area contributed by atoms with Crippen LogP contribution in [-0.2, 0) is 6.18 Å². The number of aromatic nitrogens is 6. The summed E-state index contributed by atoms with van der Waals surface area (Å²) in [5.74, 6) is 0.343. The van der Waals surface area contributed by atoms with Gasteiger partial charge in [0.15, 0.2) is 5.82 Å². The summed E-state index contributed by atoms with van der Waals surface area (Å²) in [7, 11) is 1.60. The Balaban J connectivity index is 2.11. The fourth-order valence-electron chi connectivity index (χ4n) is 1.64. The van der Waals surface area contributed by atoms with Crippen LogP contribution in [-0.4, -0.2) is 44.2 Å². The first kappa shape index (κ1) is 14.2. The van der Waals surface area contributed by atoms with Crippen molar-refractivity contribution in [3.05, 3.63) is 23.8 Å². The number of hydrogen-bond donors (Lipinski definition) is 1. The van der Waals surface area contributed by atoms with Crippen molar-refractivity contribution >= 4 is 5.95 Å². The van der Waals surface area contributed by atoms with Crippen molar-refractivity contribution < 1.29 is 13.2 Å². The summed E-state index contributed by atoms with van der Waals surface area (Å²) in [5.41, 5.74) is -0.971. The first-order valence-electron chi connectivity index (χ1n) is 5.72. The molecular weight excluding hydrogens is 275 g/mol. The highest BCUT2D eigenvalue weighted by Crippen LogP contribution is 2.28. The molecule has 0 radical (unpaired) electrons. The lowest BCUT2D eigenvalue weighted by molar-refractivity contribution is -0.141. The van der Waals surface area contributed by atoms with Gasteiger partial charge in [-0.3, -0.25) is 0 Å². The molecule has 0 saturated heterocycles. The van der Waals surface area contributed by atoms with E-state index in [1.54, 1.807) is 7.05 Å². The van der Waals surface area contributed by atoms with E-state index in [4.69, 9.17) is 0 Å². The molecule has 7 nitrogen and oxygen atoms in total. The van der Waals surface area contributed by atoms with Gasteiger partial charge >= 0.3 is 6.18 Å². The quantitative estimate of drug-likeness (QED) is 0.911. The van der Waals surface area contributed by atoms with Gasteiger partial charge in [0.05, 0.1) is 0 Å². The summed E-state index contributed by atoms with van der Waals surface area (Å²) >= 11 is 0. The number of nitrogens with one attached hydrogen (secondary N) is 1. The minimum atomic E-state index is -4.49. The predicted octanol–water partition coefficient (Wildman–Crippen LogP) is 1.25. The predicted molar refractivity (Wildman–Crippen MR) is 62.9 cm³/mol. The van der Waals surface area contributed by atoms with Crippen molar-refractivity contribution in [3.63, 3.8) is 0 Å². The second-order valence-electron chi connectivity index (χ2n) is 4.29. The lowest BCUT2D eigenvalue weighted by atomic mass is 10.1. The van der Waals surface area contributed by atoms with Gasteiger partial charge in [-0.15, -0.1) is 10.2 Å². The first-order chi connectivity index (χ1) is 9.38. The molecule has 2 aromatic rings. The van der Waals surface area contributed by atoms with Crippen LogP contribution in [0.1, 0.15) is 24.4 Å². The Morgan fingerprint density at radius 2 is 2.15 bits per heavy atom. The van der Waals surface area contributed by atoms with Gasteiger partial charge in [-0.05, 0) is 6.07 Å². The SMILES string of the molecule is C[C@@H](CN(C)c1nccc(C(F)(F)F)n1)c1nn[nH]n1. The van der Waals surface area contributed by atoms with Crippen LogP contribution in [0.2, 0.25) is 0 Å². The maximum atomic E-state index is 12.6. The van der Waals surface area contributed by atoms with Crippen molar-refractivity contribution in [2.24, 2.45) is 0 Å². The minimum absolute atomic E-state index is 0.00447. The van der Waals surface area contributed by atoms with Crippen molar-refractivity contribution in [2.45, 2.75) is 19.0 Å². The minimum Gasteiger partial charge on any atom is -0.343 e. The monoisotopic (exact) mass is 287 g/mol. The molecule has 1 atom stereocenters. The van der Waals surface area contributed by atoms with E-state index in [-0.39, 0.29) is 11.9 Å². The highest BCUT2D eigenvalue weighted by molar-refractivity contribution is 5.30. The Morgan fingerprint density at radius 1 is 1.40 bits per heavy atom. The lowest BCUT2D eigenvalue weighted by Gasteiger charge is -2.20. The van der Waals surface area contributed by atoms with Gasteiger partial charge in [-0.25, -0.2) is 9.97 Å². The van der Waals surface area contributed by atoms with E-state index in [0.29, 0.717) is 12.4 Å². The molecule has 0 aromatic carbocycles. The van der Waals surface area contributed by atoms with E-state index < -0.39 is 11.9 Å². The average Bonchev–Trinajstić information content (AvgIpc) is 2.91. The molecule has 0 saturated carbocycles. The fraction of sp³-hybridized carbons (Fsp3) is 0.500. The number of anilines is 1. The third-order valence-corrected chi connectivity index (χ3v) is 2.62. The highest BCUT2D eigenvalue weighted by Gasteiger charge is 2.33. The van der Waals surface area contributed by atoms with Crippen LogP contribution in [0.4, 0.5) is 19.1 Å². The number of H-pyrrole nitrogens is 1. The maximum Gasteiger partial charge on any atom is 0.433 e. The standard InChI is InChI=1S/C10H12F3N7/c1-6(8-16-18-19-17-8)5-20(2)9-14-4-3-7(15-9)10(11,12)13/h3-4,6H,5H2,1-2H3,(H,16,17,18,19)/t6-/m0/s1. The second kappa shape index (κ2) is 5.39. The molecule has 20 heavy (non-hydrogen) atoms. The summed E-state index contributed by atoms with van der Waals surface area (Å²) in [6.45, 7) is 2.19. The lowest BCUT2D eigenvalue weighted by Crippen LogP contribution is -2.26. The number of alkyl halides is 3. The van der Waals surface area contributed by atoms with Crippen LogP contribution in [0.25, 0.3) is 0 Å².